The van der Waals surface area contributed by atoms with Gasteiger partial charge in [0.1, 0.15) is 5.75 Å². The molecule has 0 aliphatic rings. The predicted molar refractivity (Wildman–Crippen MR) is 93.2 cm³/mol. The summed E-state index contributed by atoms with van der Waals surface area (Å²) in [6, 6.07) is 15.1. The maximum atomic E-state index is 11.7. The molecular formula is C19H20N2O3. The molecule has 0 atom stereocenters. The van der Waals surface area contributed by atoms with Crippen molar-refractivity contribution in [2.24, 2.45) is 0 Å². The first-order valence-electron chi connectivity index (χ1n) is 7.56. The van der Waals surface area contributed by atoms with Crippen LogP contribution in [0.15, 0.2) is 54.6 Å². The highest BCUT2D eigenvalue weighted by molar-refractivity contribution is 5.93. The summed E-state index contributed by atoms with van der Waals surface area (Å²) in [5, 5.41) is 0. The lowest BCUT2D eigenvalue weighted by atomic mass is 10.1. The van der Waals surface area contributed by atoms with Crippen LogP contribution in [0.4, 0.5) is 0 Å². The van der Waals surface area contributed by atoms with E-state index in [1.807, 2.05) is 62.4 Å². The Balaban J connectivity index is 1.74. The largest absolute Gasteiger partial charge is 0.483 e. The van der Waals surface area contributed by atoms with E-state index in [4.69, 9.17) is 4.74 Å². The van der Waals surface area contributed by atoms with Gasteiger partial charge in [0, 0.05) is 6.08 Å². The second kappa shape index (κ2) is 8.53. The maximum absolute atomic E-state index is 11.7. The standard InChI is InChI=1S/C19H20N2O3/c1-14-8-10-17(15(2)12-14)24-13-19(23)21-20-18(22)11-9-16-6-4-3-5-7-16/h3-12H,13H2,1-2H3,(H,20,22)(H,21,23)/b11-9+. The van der Waals surface area contributed by atoms with E-state index in [0.717, 1.165) is 16.7 Å². The number of rotatable bonds is 5. The Hall–Kier alpha value is -3.08. The van der Waals surface area contributed by atoms with E-state index in [1.165, 1.54) is 6.08 Å². The first-order chi connectivity index (χ1) is 11.5. The zero-order valence-electron chi connectivity index (χ0n) is 13.7. The van der Waals surface area contributed by atoms with Crippen LogP contribution >= 0.6 is 0 Å². The molecule has 124 valence electrons. The first-order valence-corrected chi connectivity index (χ1v) is 7.56. The number of ether oxygens (including phenoxy) is 1. The fourth-order valence-corrected chi connectivity index (χ4v) is 2.05. The van der Waals surface area contributed by atoms with Crippen LogP contribution in [0.3, 0.4) is 0 Å². The number of carbonyl (C=O) groups is 2. The minimum atomic E-state index is -0.434. The number of carbonyl (C=O) groups excluding carboxylic acids is 2. The summed E-state index contributed by atoms with van der Waals surface area (Å²) in [6.45, 7) is 3.73. The van der Waals surface area contributed by atoms with Gasteiger partial charge in [-0.15, -0.1) is 0 Å². The van der Waals surface area contributed by atoms with E-state index >= 15 is 0 Å². The minimum Gasteiger partial charge on any atom is -0.483 e. The Morgan fingerprint density at radius 2 is 1.79 bits per heavy atom. The Morgan fingerprint density at radius 3 is 2.50 bits per heavy atom. The van der Waals surface area contributed by atoms with Crippen LogP contribution in [0.1, 0.15) is 16.7 Å². The molecule has 2 aromatic rings. The van der Waals surface area contributed by atoms with Crippen molar-refractivity contribution < 1.29 is 14.3 Å². The lowest BCUT2D eigenvalue weighted by Gasteiger charge is -2.10. The summed E-state index contributed by atoms with van der Waals surface area (Å²) in [5.41, 5.74) is 7.60. The van der Waals surface area contributed by atoms with Gasteiger partial charge in [0.15, 0.2) is 6.61 Å². The van der Waals surface area contributed by atoms with Gasteiger partial charge in [-0.2, -0.15) is 0 Å². The van der Waals surface area contributed by atoms with E-state index in [9.17, 15) is 9.59 Å². The van der Waals surface area contributed by atoms with Crippen LogP contribution < -0.4 is 15.6 Å². The highest BCUT2D eigenvalue weighted by Gasteiger charge is 2.05. The molecule has 0 heterocycles. The summed E-state index contributed by atoms with van der Waals surface area (Å²) in [6.07, 6.45) is 3.01. The molecule has 0 aliphatic heterocycles. The molecule has 0 aromatic heterocycles. The summed E-state index contributed by atoms with van der Waals surface area (Å²) in [7, 11) is 0. The maximum Gasteiger partial charge on any atom is 0.276 e. The molecule has 0 aliphatic carbocycles. The fraction of sp³-hybridized carbons (Fsp3) is 0.158. The zero-order chi connectivity index (χ0) is 17.4. The molecule has 0 spiro atoms. The molecule has 0 bridgehead atoms. The second-order valence-electron chi connectivity index (χ2n) is 5.34. The van der Waals surface area contributed by atoms with Crippen LogP contribution in [0.25, 0.3) is 6.08 Å². The molecule has 2 amide bonds. The Kier molecular flexibility index (Phi) is 6.14. The highest BCUT2D eigenvalue weighted by Crippen LogP contribution is 2.18. The third-order valence-corrected chi connectivity index (χ3v) is 3.24. The number of hydrogen-bond donors (Lipinski definition) is 2. The number of benzene rings is 2. The van der Waals surface area contributed by atoms with Crippen molar-refractivity contribution in [1.82, 2.24) is 10.9 Å². The van der Waals surface area contributed by atoms with Gasteiger partial charge in [-0.1, -0.05) is 48.0 Å². The minimum absolute atomic E-state index is 0.174. The molecule has 0 saturated carbocycles. The van der Waals surface area contributed by atoms with Gasteiger partial charge in [-0.3, -0.25) is 20.4 Å². The topological polar surface area (TPSA) is 67.4 Å². The van der Waals surface area contributed by atoms with Gasteiger partial charge >= 0.3 is 0 Å². The number of nitrogens with one attached hydrogen (secondary N) is 2. The lowest BCUT2D eigenvalue weighted by Crippen LogP contribution is -2.43. The summed E-state index contributed by atoms with van der Waals surface area (Å²) < 4.78 is 5.43. The normalized spacial score (nSPS) is 10.4. The average Bonchev–Trinajstić information content (AvgIpc) is 2.58. The molecule has 0 radical (unpaired) electrons. The Labute approximate surface area is 141 Å². The predicted octanol–water partition coefficient (Wildman–Crippen LogP) is 2.54. The third-order valence-electron chi connectivity index (χ3n) is 3.24. The SMILES string of the molecule is Cc1ccc(OCC(=O)NNC(=O)/C=C/c2ccccc2)c(C)c1. The number of hydrazine groups is 1. The lowest BCUT2D eigenvalue weighted by molar-refractivity contribution is -0.128. The van der Waals surface area contributed by atoms with Gasteiger partial charge in [0.05, 0.1) is 0 Å². The van der Waals surface area contributed by atoms with Crippen LogP contribution in [-0.2, 0) is 9.59 Å². The van der Waals surface area contributed by atoms with Crippen molar-refractivity contribution in [1.29, 1.82) is 0 Å². The van der Waals surface area contributed by atoms with Crippen molar-refractivity contribution in [2.45, 2.75) is 13.8 Å². The number of aryl methyl sites for hydroxylation is 2. The van der Waals surface area contributed by atoms with Gasteiger partial charge in [0.25, 0.3) is 11.8 Å². The van der Waals surface area contributed by atoms with Gasteiger partial charge in [-0.25, -0.2) is 0 Å². The molecule has 5 heteroatoms. The molecule has 24 heavy (non-hydrogen) atoms. The molecule has 2 rings (SSSR count). The van der Waals surface area contributed by atoms with E-state index in [-0.39, 0.29) is 6.61 Å². The molecular weight excluding hydrogens is 304 g/mol. The molecule has 2 N–H and O–H groups in total. The van der Waals surface area contributed by atoms with E-state index in [2.05, 4.69) is 10.9 Å². The average molecular weight is 324 g/mol. The van der Waals surface area contributed by atoms with E-state index in [0.29, 0.717) is 5.75 Å². The Bertz CT molecular complexity index is 740. The highest BCUT2D eigenvalue weighted by atomic mass is 16.5. The monoisotopic (exact) mass is 324 g/mol. The summed E-state index contributed by atoms with van der Waals surface area (Å²) in [4.78, 5) is 23.3. The molecule has 0 fully saturated rings. The number of amides is 2. The van der Waals surface area contributed by atoms with Gasteiger partial charge in [0.2, 0.25) is 0 Å². The summed E-state index contributed by atoms with van der Waals surface area (Å²) >= 11 is 0. The Morgan fingerprint density at radius 1 is 1.04 bits per heavy atom. The molecule has 2 aromatic carbocycles. The molecule has 0 unspecified atom stereocenters. The second-order valence-corrected chi connectivity index (χ2v) is 5.34. The third kappa shape index (κ3) is 5.61. The van der Waals surface area contributed by atoms with Crippen molar-refractivity contribution in [3.63, 3.8) is 0 Å². The van der Waals surface area contributed by atoms with Crippen molar-refractivity contribution in [2.75, 3.05) is 6.61 Å². The molecule has 0 saturated heterocycles. The summed E-state index contributed by atoms with van der Waals surface area (Å²) in [5.74, 6) is -0.207. The van der Waals surface area contributed by atoms with Crippen LogP contribution in [0, 0.1) is 13.8 Å². The van der Waals surface area contributed by atoms with Crippen LogP contribution in [0.5, 0.6) is 5.75 Å². The van der Waals surface area contributed by atoms with E-state index in [1.54, 1.807) is 6.08 Å². The van der Waals surface area contributed by atoms with E-state index < -0.39 is 11.8 Å². The van der Waals surface area contributed by atoms with Gasteiger partial charge < -0.3 is 4.74 Å². The van der Waals surface area contributed by atoms with Gasteiger partial charge in [-0.05, 0) is 37.1 Å². The van der Waals surface area contributed by atoms with Crippen molar-refractivity contribution in [3.05, 3.63) is 71.3 Å². The fourth-order valence-electron chi connectivity index (χ4n) is 2.05. The zero-order valence-corrected chi connectivity index (χ0v) is 13.7. The number of hydrogen-bond acceptors (Lipinski definition) is 3. The van der Waals surface area contributed by atoms with Crippen molar-refractivity contribution in [3.8, 4) is 5.75 Å². The first kappa shape index (κ1) is 17.3. The smallest absolute Gasteiger partial charge is 0.276 e. The quantitative estimate of drug-likeness (QED) is 0.656. The molecule has 5 nitrogen and oxygen atoms in total. The van der Waals surface area contributed by atoms with Crippen LogP contribution in [-0.4, -0.2) is 18.4 Å². The van der Waals surface area contributed by atoms with Crippen LogP contribution in [0.2, 0.25) is 0 Å². The van der Waals surface area contributed by atoms with Crippen molar-refractivity contribution >= 4 is 17.9 Å².